The highest BCUT2D eigenvalue weighted by molar-refractivity contribution is 7.89. The van der Waals surface area contributed by atoms with Crippen LogP contribution in [-0.4, -0.2) is 33.0 Å². The van der Waals surface area contributed by atoms with Gasteiger partial charge in [0.1, 0.15) is 5.69 Å². The Morgan fingerprint density at radius 2 is 1.90 bits per heavy atom. The van der Waals surface area contributed by atoms with E-state index in [1.165, 1.54) is 4.57 Å². The third kappa shape index (κ3) is 2.84. The fourth-order valence-electron chi connectivity index (χ4n) is 2.19. The van der Waals surface area contributed by atoms with Crippen molar-refractivity contribution < 1.29 is 8.42 Å². The average Bonchev–Trinajstić information content (AvgIpc) is 2.89. The molecule has 0 amide bonds. The van der Waals surface area contributed by atoms with Crippen molar-refractivity contribution >= 4 is 10.0 Å². The molecule has 0 fully saturated rings. The molecular weight excluding hydrogens is 292 g/mol. The number of rotatable bonds is 3. The maximum Gasteiger partial charge on any atom is 0.273 e. The highest BCUT2D eigenvalue weighted by atomic mass is 32.2. The standard InChI is InChI=1S/C12H20N6O2S/c1-6-17-9(7-8(2)16-17)10-14-15-11(21(13,19)20)18(10)12(3,4)5/h7H,6H2,1-5H3,(H2,13,19,20). The van der Waals surface area contributed by atoms with E-state index in [1.807, 2.05) is 40.7 Å². The Balaban J connectivity index is 2.79. The number of primary sulfonamides is 1. The van der Waals surface area contributed by atoms with Gasteiger partial charge in [-0.15, -0.1) is 10.2 Å². The minimum atomic E-state index is -3.96. The van der Waals surface area contributed by atoms with E-state index >= 15 is 0 Å². The summed E-state index contributed by atoms with van der Waals surface area (Å²) in [5.74, 6) is 0.439. The normalized spacial score (nSPS) is 12.9. The number of nitrogens with two attached hydrogens (primary N) is 1. The van der Waals surface area contributed by atoms with Crippen LogP contribution in [0.3, 0.4) is 0 Å². The first-order chi connectivity index (χ1) is 9.55. The number of sulfonamides is 1. The summed E-state index contributed by atoms with van der Waals surface area (Å²) in [6, 6.07) is 1.85. The maximum absolute atomic E-state index is 11.7. The van der Waals surface area contributed by atoms with Gasteiger partial charge in [-0.2, -0.15) is 5.10 Å². The average molecular weight is 312 g/mol. The number of hydrogen-bond donors (Lipinski definition) is 1. The van der Waals surface area contributed by atoms with Gasteiger partial charge in [0.05, 0.1) is 5.69 Å². The van der Waals surface area contributed by atoms with E-state index in [9.17, 15) is 8.42 Å². The molecule has 116 valence electrons. The highest BCUT2D eigenvalue weighted by Gasteiger charge is 2.30. The van der Waals surface area contributed by atoms with E-state index in [2.05, 4.69) is 15.3 Å². The second kappa shape index (κ2) is 4.92. The molecule has 0 spiro atoms. The van der Waals surface area contributed by atoms with Gasteiger partial charge >= 0.3 is 0 Å². The molecule has 0 saturated heterocycles. The zero-order valence-corrected chi connectivity index (χ0v) is 13.6. The number of nitrogens with zero attached hydrogens (tertiary/aromatic N) is 5. The summed E-state index contributed by atoms with van der Waals surface area (Å²) in [7, 11) is -3.96. The van der Waals surface area contributed by atoms with Crippen LogP contribution in [0, 0.1) is 6.92 Å². The van der Waals surface area contributed by atoms with Gasteiger partial charge < -0.3 is 0 Å². The first-order valence-electron chi connectivity index (χ1n) is 6.59. The van der Waals surface area contributed by atoms with Crippen molar-refractivity contribution in [2.75, 3.05) is 0 Å². The molecule has 0 aliphatic carbocycles. The fraction of sp³-hybridized carbons (Fsp3) is 0.583. The molecule has 0 atom stereocenters. The minimum Gasteiger partial charge on any atom is -0.290 e. The van der Waals surface area contributed by atoms with Crippen molar-refractivity contribution in [1.29, 1.82) is 0 Å². The predicted octanol–water partition coefficient (Wildman–Crippen LogP) is 0.872. The van der Waals surface area contributed by atoms with E-state index in [1.54, 1.807) is 4.68 Å². The second-order valence-electron chi connectivity index (χ2n) is 5.84. The third-order valence-electron chi connectivity index (χ3n) is 2.99. The van der Waals surface area contributed by atoms with Crippen molar-refractivity contribution in [3.63, 3.8) is 0 Å². The van der Waals surface area contributed by atoms with Gasteiger partial charge in [0.2, 0.25) is 0 Å². The Labute approximate surface area is 124 Å². The Morgan fingerprint density at radius 1 is 1.29 bits per heavy atom. The summed E-state index contributed by atoms with van der Waals surface area (Å²) in [5, 5.41) is 17.2. The van der Waals surface area contributed by atoms with E-state index < -0.39 is 15.6 Å². The van der Waals surface area contributed by atoms with Gasteiger partial charge in [0, 0.05) is 12.1 Å². The number of hydrogen-bond acceptors (Lipinski definition) is 5. The quantitative estimate of drug-likeness (QED) is 0.904. The molecule has 0 saturated carbocycles. The molecule has 2 aromatic rings. The largest absolute Gasteiger partial charge is 0.290 e. The second-order valence-corrected chi connectivity index (χ2v) is 7.30. The SMILES string of the molecule is CCn1nc(C)cc1-c1nnc(S(N)(=O)=O)n1C(C)(C)C. The smallest absolute Gasteiger partial charge is 0.273 e. The zero-order chi connectivity index (χ0) is 16.0. The molecule has 0 aromatic carbocycles. The summed E-state index contributed by atoms with van der Waals surface area (Å²) < 4.78 is 26.8. The lowest BCUT2D eigenvalue weighted by Gasteiger charge is -2.24. The zero-order valence-electron chi connectivity index (χ0n) is 12.8. The summed E-state index contributed by atoms with van der Waals surface area (Å²) >= 11 is 0. The van der Waals surface area contributed by atoms with Crippen molar-refractivity contribution in [2.45, 2.75) is 51.9 Å². The monoisotopic (exact) mass is 312 g/mol. The Hall–Kier alpha value is -1.74. The van der Waals surface area contributed by atoms with Gasteiger partial charge in [0.15, 0.2) is 5.82 Å². The molecule has 0 radical (unpaired) electrons. The van der Waals surface area contributed by atoms with Crippen LogP contribution in [-0.2, 0) is 22.1 Å². The predicted molar refractivity (Wildman–Crippen MR) is 78.0 cm³/mol. The molecule has 0 bridgehead atoms. The molecule has 0 aliphatic rings. The van der Waals surface area contributed by atoms with Crippen molar-refractivity contribution in [1.82, 2.24) is 24.5 Å². The molecule has 0 unspecified atom stereocenters. The van der Waals surface area contributed by atoms with Crippen LogP contribution in [0.2, 0.25) is 0 Å². The Bertz CT molecular complexity index is 766. The van der Waals surface area contributed by atoms with Crippen molar-refractivity contribution in [3.05, 3.63) is 11.8 Å². The maximum atomic E-state index is 11.7. The summed E-state index contributed by atoms with van der Waals surface area (Å²) in [6.07, 6.45) is 0. The lowest BCUT2D eigenvalue weighted by atomic mass is 10.1. The summed E-state index contributed by atoms with van der Waals surface area (Å²) in [5.41, 5.74) is 0.997. The van der Waals surface area contributed by atoms with E-state index in [-0.39, 0.29) is 5.16 Å². The van der Waals surface area contributed by atoms with Gasteiger partial charge in [-0.3, -0.25) is 9.25 Å². The van der Waals surface area contributed by atoms with Crippen LogP contribution in [0.15, 0.2) is 11.2 Å². The Morgan fingerprint density at radius 3 is 2.38 bits per heavy atom. The summed E-state index contributed by atoms with van der Waals surface area (Å²) in [4.78, 5) is 0. The Kier molecular flexibility index (Phi) is 3.66. The van der Waals surface area contributed by atoms with Crippen molar-refractivity contribution in [2.24, 2.45) is 5.14 Å². The first kappa shape index (κ1) is 15.6. The number of aryl methyl sites for hydroxylation is 2. The van der Waals surface area contributed by atoms with Crippen LogP contribution >= 0.6 is 0 Å². The molecule has 9 heteroatoms. The molecule has 21 heavy (non-hydrogen) atoms. The highest BCUT2D eigenvalue weighted by Crippen LogP contribution is 2.28. The first-order valence-corrected chi connectivity index (χ1v) is 8.14. The number of aromatic nitrogens is 5. The van der Waals surface area contributed by atoms with E-state index in [4.69, 9.17) is 5.14 Å². The van der Waals surface area contributed by atoms with Crippen LogP contribution in [0.4, 0.5) is 0 Å². The molecule has 8 nitrogen and oxygen atoms in total. The third-order valence-corrected chi connectivity index (χ3v) is 3.76. The van der Waals surface area contributed by atoms with Crippen molar-refractivity contribution in [3.8, 4) is 11.5 Å². The van der Waals surface area contributed by atoms with E-state index in [0.717, 1.165) is 5.69 Å². The fourth-order valence-corrected chi connectivity index (χ4v) is 2.96. The van der Waals surface area contributed by atoms with Gasteiger partial charge in [-0.05, 0) is 40.7 Å². The van der Waals surface area contributed by atoms with Gasteiger partial charge in [0.25, 0.3) is 15.2 Å². The van der Waals surface area contributed by atoms with Gasteiger partial charge in [-0.1, -0.05) is 0 Å². The molecule has 2 rings (SSSR count). The molecular formula is C12H20N6O2S. The van der Waals surface area contributed by atoms with Gasteiger partial charge in [-0.25, -0.2) is 13.6 Å². The van der Waals surface area contributed by atoms with Crippen LogP contribution in [0.25, 0.3) is 11.5 Å². The minimum absolute atomic E-state index is 0.244. The van der Waals surface area contributed by atoms with Crippen LogP contribution < -0.4 is 5.14 Å². The van der Waals surface area contributed by atoms with E-state index in [0.29, 0.717) is 18.1 Å². The molecule has 2 aromatic heterocycles. The van der Waals surface area contributed by atoms with Crippen LogP contribution in [0.5, 0.6) is 0 Å². The lowest BCUT2D eigenvalue weighted by Crippen LogP contribution is -2.29. The van der Waals surface area contributed by atoms with Crippen LogP contribution in [0.1, 0.15) is 33.4 Å². The summed E-state index contributed by atoms with van der Waals surface area (Å²) in [6.45, 7) is 10.1. The molecule has 2 N–H and O–H groups in total. The molecule has 0 aliphatic heterocycles. The topological polar surface area (TPSA) is 109 Å². The molecule has 2 heterocycles. The lowest BCUT2D eigenvalue weighted by molar-refractivity contribution is 0.365.